The number of fused-ring (bicyclic) bond motifs is 2. The van der Waals surface area contributed by atoms with Crippen LogP contribution >= 0.6 is 0 Å². The first kappa shape index (κ1) is 22.1. The van der Waals surface area contributed by atoms with Gasteiger partial charge in [-0.2, -0.15) is 5.10 Å². The normalized spacial score (nSPS) is 11.5. The molecule has 0 aliphatic carbocycles. The maximum atomic E-state index is 14.5. The summed E-state index contributed by atoms with van der Waals surface area (Å²) < 4.78 is 14.5. The predicted octanol–water partition coefficient (Wildman–Crippen LogP) is 6.13. The van der Waals surface area contributed by atoms with E-state index in [4.69, 9.17) is 0 Å². The first-order valence-electron chi connectivity index (χ1n) is 12.0. The number of rotatable bonds is 7. The zero-order valence-corrected chi connectivity index (χ0v) is 19.8. The number of hydrogen-bond donors (Lipinski definition) is 3. The summed E-state index contributed by atoms with van der Waals surface area (Å²) in [6.07, 6.45) is 8.94. The summed E-state index contributed by atoms with van der Waals surface area (Å²) >= 11 is 0. The van der Waals surface area contributed by atoms with Gasteiger partial charge in [0.25, 0.3) is 0 Å². The summed E-state index contributed by atoms with van der Waals surface area (Å²) in [5.74, 6) is -0.235. The minimum absolute atomic E-state index is 0.235. The lowest BCUT2D eigenvalue weighted by Crippen LogP contribution is -2.08. The minimum Gasteiger partial charge on any atom is -0.352 e. The van der Waals surface area contributed by atoms with Crippen LogP contribution in [0.4, 0.5) is 4.39 Å². The highest BCUT2D eigenvalue weighted by atomic mass is 19.1. The number of benzene rings is 2. The van der Waals surface area contributed by atoms with E-state index in [1.54, 1.807) is 36.9 Å². The van der Waals surface area contributed by atoms with Gasteiger partial charge in [-0.05, 0) is 91.2 Å². The van der Waals surface area contributed by atoms with E-state index in [2.05, 4.69) is 54.7 Å². The van der Waals surface area contributed by atoms with Crippen molar-refractivity contribution in [2.75, 3.05) is 13.6 Å². The van der Waals surface area contributed by atoms with Crippen molar-refractivity contribution in [3.8, 4) is 33.6 Å². The van der Waals surface area contributed by atoms with Gasteiger partial charge in [0.15, 0.2) is 0 Å². The number of nitrogens with zero attached hydrogens (tertiary/aromatic N) is 3. The number of aryl methyl sites for hydroxylation is 1. The molecule has 178 valence electrons. The summed E-state index contributed by atoms with van der Waals surface area (Å²) in [4.78, 5) is 12.0. The Morgan fingerprint density at radius 1 is 0.833 bits per heavy atom. The molecule has 6 rings (SSSR count). The van der Waals surface area contributed by atoms with E-state index >= 15 is 0 Å². The van der Waals surface area contributed by atoms with Crippen molar-refractivity contribution in [1.82, 2.24) is 30.5 Å². The molecule has 0 saturated carbocycles. The largest absolute Gasteiger partial charge is 0.352 e. The lowest BCUT2D eigenvalue weighted by atomic mass is 9.99. The van der Waals surface area contributed by atoms with Crippen molar-refractivity contribution in [2.24, 2.45) is 0 Å². The highest BCUT2D eigenvalue weighted by Crippen LogP contribution is 2.35. The van der Waals surface area contributed by atoms with Gasteiger partial charge in [0.05, 0.1) is 22.9 Å². The van der Waals surface area contributed by atoms with E-state index in [9.17, 15) is 4.39 Å². The second-order valence-corrected chi connectivity index (χ2v) is 8.96. The Morgan fingerprint density at radius 3 is 2.58 bits per heavy atom. The molecule has 6 aromatic rings. The fourth-order valence-corrected chi connectivity index (χ4v) is 4.77. The van der Waals surface area contributed by atoms with Gasteiger partial charge in [-0.25, -0.2) is 4.39 Å². The molecule has 0 unspecified atom stereocenters. The van der Waals surface area contributed by atoms with E-state index < -0.39 is 0 Å². The SMILES string of the molecule is CNCCCc1cc(F)cc(-c2cncc3[nH]c(-c4n[nH]c5ccc(-c6ccncc6)cc45)cc23)c1. The Hall–Kier alpha value is -4.36. The molecule has 4 aromatic heterocycles. The van der Waals surface area contributed by atoms with Gasteiger partial charge < -0.3 is 10.3 Å². The third-order valence-electron chi connectivity index (χ3n) is 6.54. The molecule has 7 heteroatoms. The number of pyridine rings is 2. The average Bonchev–Trinajstić information content (AvgIpc) is 3.52. The second-order valence-electron chi connectivity index (χ2n) is 8.96. The van der Waals surface area contributed by atoms with Crippen molar-refractivity contribution in [2.45, 2.75) is 12.8 Å². The molecule has 0 bridgehead atoms. The number of nitrogens with one attached hydrogen (secondary N) is 3. The van der Waals surface area contributed by atoms with Crippen LogP contribution in [0.5, 0.6) is 0 Å². The molecule has 0 radical (unpaired) electrons. The molecular weight excluding hydrogens is 451 g/mol. The van der Waals surface area contributed by atoms with Crippen LogP contribution in [0.3, 0.4) is 0 Å². The quantitative estimate of drug-likeness (QED) is 0.242. The smallest absolute Gasteiger partial charge is 0.124 e. The fraction of sp³-hybridized carbons (Fsp3) is 0.138. The molecule has 4 heterocycles. The molecule has 0 spiro atoms. The molecule has 0 fully saturated rings. The summed E-state index contributed by atoms with van der Waals surface area (Å²) in [6.45, 7) is 0.894. The number of aromatic nitrogens is 5. The van der Waals surface area contributed by atoms with Crippen LogP contribution in [0, 0.1) is 5.82 Å². The van der Waals surface area contributed by atoms with Gasteiger partial charge in [-0.15, -0.1) is 0 Å². The Morgan fingerprint density at radius 2 is 1.72 bits per heavy atom. The van der Waals surface area contributed by atoms with Crippen molar-refractivity contribution < 1.29 is 4.39 Å². The lowest BCUT2D eigenvalue weighted by molar-refractivity contribution is 0.624. The van der Waals surface area contributed by atoms with Gasteiger partial charge in [0.2, 0.25) is 0 Å². The fourth-order valence-electron chi connectivity index (χ4n) is 4.77. The third kappa shape index (κ3) is 4.14. The van der Waals surface area contributed by atoms with E-state index in [1.165, 1.54) is 0 Å². The summed E-state index contributed by atoms with van der Waals surface area (Å²) in [7, 11) is 1.93. The first-order valence-corrected chi connectivity index (χ1v) is 12.0. The monoisotopic (exact) mass is 476 g/mol. The van der Waals surface area contributed by atoms with Crippen LogP contribution in [0.15, 0.2) is 79.4 Å². The van der Waals surface area contributed by atoms with Crippen LogP contribution in [0.25, 0.3) is 55.4 Å². The second kappa shape index (κ2) is 9.36. The van der Waals surface area contributed by atoms with Crippen LogP contribution in [-0.2, 0) is 6.42 Å². The highest BCUT2D eigenvalue weighted by molar-refractivity contribution is 6.01. The number of H-pyrrole nitrogens is 2. The van der Waals surface area contributed by atoms with Gasteiger partial charge in [-0.3, -0.25) is 15.1 Å². The average molecular weight is 477 g/mol. The molecular formula is C29H25FN6. The van der Waals surface area contributed by atoms with E-state index in [0.29, 0.717) is 0 Å². The van der Waals surface area contributed by atoms with Gasteiger partial charge in [0.1, 0.15) is 11.5 Å². The zero-order chi connectivity index (χ0) is 24.5. The Labute approximate surface area is 207 Å². The predicted molar refractivity (Wildman–Crippen MR) is 142 cm³/mol. The maximum absolute atomic E-state index is 14.5. The van der Waals surface area contributed by atoms with Gasteiger partial charge >= 0.3 is 0 Å². The summed E-state index contributed by atoms with van der Waals surface area (Å²) in [5.41, 5.74) is 8.43. The Balaban J connectivity index is 1.43. The molecule has 3 N–H and O–H groups in total. The lowest BCUT2D eigenvalue weighted by Gasteiger charge is -2.08. The highest BCUT2D eigenvalue weighted by Gasteiger charge is 2.15. The maximum Gasteiger partial charge on any atom is 0.124 e. The Bertz CT molecular complexity index is 1670. The van der Waals surface area contributed by atoms with Crippen LogP contribution < -0.4 is 5.32 Å². The van der Waals surface area contributed by atoms with Crippen LogP contribution in [-0.4, -0.2) is 38.7 Å². The molecule has 2 aromatic carbocycles. The van der Waals surface area contributed by atoms with Crippen molar-refractivity contribution >= 4 is 21.8 Å². The van der Waals surface area contributed by atoms with Crippen LogP contribution in [0.1, 0.15) is 12.0 Å². The zero-order valence-electron chi connectivity index (χ0n) is 19.8. The van der Waals surface area contributed by atoms with Crippen molar-refractivity contribution in [1.29, 1.82) is 0 Å². The van der Waals surface area contributed by atoms with Crippen molar-refractivity contribution in [3.63, 3.8) is 0 Å². The molecule has 36 heavy (non-hydrogen) atoms. The van der Waals surface area contributed by atoms with E-state index in [-0.39, 0.29) is 5.82 Å². The Kier molecular flexibility index (Phi) is 5.75. The minimum atomic E-state index is -0.235. The molecule has 0 aliphatic heterocycles. The molecule has 6 nitrogen and oxygen atoms in total. The summed E-state index contributed by atoms with van der Waals surface area (Å²) in [5, 5.41) is 12.9. The first-order chi connectivity index (χ1) is 17.7. The van der Waals surface area contributed by atoms with Gasteiger partial charge in [0, 0.05) is 34.9 Å². The van der Waals surface area contributed by atoms with Gasteiger partial charge in [-0.1, -0.05) is 12.1 Å². The molecule has 0 amide bonds. The van der Waals surface area contributed by atoms with Crippen LogP contribution in [0.2, 0.25) is 0 Å². The van der Waals surface area contributed by atoms with Crippen molar-refractivity contribution in [3.05, 3.63) is 90.8 Å². The van der Waals surface area contributed by atoms with E-state index in [1.807, 2.05) is 25.2 Å². The number of aromatic amines is 2. The third-order valence-corrected chi connectivity index (χ3v) is 6.54. The topological polar surface area (TPSA) is 82.3 Å². The van der Waals surface area contributed by atoms with E-state index in [0.717, 1.165) is 80.4 Å². The molecule has 0 aliphatic rings. The number of hydrogen-bond acceptors (Lipinski definition) is 4. The standard InChI is InChI=1S/C29H25FN6/c1-31-8-2-3-18-11-21(13-22(30)12-18)25-16-33-17-28-23(25)15-27(34-28)29-24-14-20(4-5-26(24)35-36-29)19-6-9-32-10-7-19/h4-7,9-17,31,34H,2-3,8H2,1H3,(H,35,36). The number of halogens is 1. The molecule has 0 saturated heterocycles. The summed E-state index contributed by atoms with van der Waals surface area (Å²) in [6, 6.07) is 17.6. The molecule has 0 atom stereocenters.